The molecule has 1 aromatic rings. The Hall–Kier alpha value is -2.28. The van der Waals surface area contributed by atoms with Gasteiger partial charge in [-0.1, -0.05) is 0 Å². The maximum absolute atomic E-state index is 12.2. The Morgan fingerprint density at radius 2 is 1.45 bits per heavy atom. The molecule has 160 valence electrons. The molecule has 2 heterocycles. The van der Waals surface area contributed by atoms with Crippen LogP contribution in [0.5, 0.6) is 0 Å². The van der Waals surface area contributed by atoms with E-state index < -0.39 is 11.5 Å². The Balaban J connectivity index is 1.40. The fraction of sp³-hybridized carbons (Fsp3) is 0.636. The first-order chi connectivity index (χ1) is 13.7. The SMILES string of the molecule is CC(C)(C)OC(=O)N1CCC(OC2CCN(c3ccc(C(N)=O)cc3)CC2)CC1. The molecule has 29 heavy (non-hydrogen) atoms. The van der Waals surface area contributed by atoms with Crippen molar-refractivity contribution in [2.24, 2.45) is 5.73 Å². The molecule has 0 unspecified atom stereocenters. The molecule has 2 aliphatic rings. The summed E-state index contributed by atoms with van der Waals surface area (Å²) in [5.74, 6) is -0.402. The van der Waals surface area contributed by atoms with Crippen LogP contribution in [-0.4, -0.2) is 60.9 Å². The van der Waals surface area contributed by atoms with E-state index in [0.29, 0.717) is 18.7 Å². The van der Waals surface area contributed by atoms with Gasteiger partial charge in [0.05, 0.1) is 12.2 Å². The van der Waals surface area contributed by atoms with Gasteiger partial charge in [-0.05, 0) is 70.7 Å². The lowest BCUT2D eigenvalue weighted by Gasteiger charge is -2.38. The Bertz CT molecular complexity index is 698. The van der Waals surface area contributed by atoms with Crippen molar-refractivity contribution in [1.82, 2.24) is 4.90 Å². The summed E-state index contributed by atoms with van der Waals surface area (Å²) >= 11 is 0. The highest BCUT2D eigenvalue weighted by Gasteiger charge is 2.29. The summed E-state index contributed by atoms with van der Waals surface area (Å²) in [6, 6.07) is 7.46. The largest absolute Gasteiger partial charge is 0.444 e. The lowest BCUT2D eigenvalue weighted by molar-refractivity contribution is -0.0535. The first-order valence-corrected chi connectivity index (χ1v) is 10.5. The van der Waals surface area contributed by atoms with E-state index in [2.05, 4.69) is 4.90 Å². The topological polar surface area (TPSA) is 85.1 Å². The molecule has 2 N–H and O–H groups in total. The number of benzene rings is 1. The van der Waals surface area contributed by atoms with Crippen LogP contribution in [-0.2, 0) is 9.47 Å². The van der Waals surface area contributed by atoms with Crippen LogP contribution in [0.3, 0.4) is 0 Å². The zero-order chi connectivity index (χ0) is 21.0. The van der Waals surface area contributed by atoms with Crippen LogP contribution in [0, 0.1) is 0 Å². The van der Waals surface area contributed by atoms with Gasteiger partial charge in [-0.2, -0.15) is 0 Å². The summed E-state index contributed by atoms with van der Waals surface area (Å²) in [7, 11) is 0. The van der Waals surface area contributed by atoms with Crippen molar-refractivity contribution in [2.75, 3.05) is 31.1 Å². The average molecular weight is 404 g/mol. The van der Waals surface area contributed by atoms with Gasteiger partial charge in [-0.3, -0.25) is 4.79 Å². The van der Waals surface area contributed by atoms with E-state index in [-0.39, 0.29) is 18.3 Å². The highest BCUT2D eigenvalue weighted by Crippen LogP contribution is 2.25. The first kappa shape index (κ1) is 21.4. The number of hydrogen-bond acceptors (Lipinski definition) is 5. The second-order valence-electron chi connectivity index (χ2n) is 8.90. The fourth-order valence-corrected chi connectivity index (χ4v) is 3.86. The molecule has 0 atom stereocenters. The molecule has 7 nitrogen and oxygen atoms in total. The van der Waals surface area contributed by atoms with Crippen molar-refractivity contribution >= 4 is 17.7 Å². The van der Waals surface area contributed by atoms with Gasteiger partial charge in [-0.25, -0.2) is 4.79 Å². The molecule has 2 aliphatic heterocycles. The van der Waals surface area contributed by atoms with E-state index in [9.17, 15) is 9.59 Å². The molecule has 7 heteroatoms. The molecule has 0 aliphatic carbocycles. The smallest absolute Gasteiger partial charge is 0.410 e. The van der Waals surface area contributed by atoms with Gasteiger partial charge in [0.15, 0.2) is 0 Å². The summed E-state index contributed by atoms with van der Waals surface area (Å²) in [5, 5.41) is 0. The third-order valence-corrected chi connectivity index (χ3v) is 5.44. The molecular weight excluding hydrogens is 370 g/mol. The van der Waals surface area contributed by atoms with Crippen molar-refractivity contribution in [2.45, 2.75) is 64.3 Å². The molecule has 2 saturated heterocycles. The van der Waals surface area contributed by atoms with Gasteiger partial charge >= 0.3 is 6.09 Å². The molecule has 0 bridgehead atoms. The second-order valence-corrected chi connectivity index (χ2v) is 8.90. The van der Waals surface area contributed by atoms with E-state index in [4.69, 9.17) is 15.2 Å². The Kier molecular flexibility index (Phi) is 6.67. The molecule has 1 aromatic carbocycles. The Morgan fingerprint density at radius 1 is 0.931 bits per heavy atom. The van der Waals surface area contributed by atoms with E-state index in [1.165, 1.54) is 0 Å². The normalized spacial score (nSPS) is 19.3. The highest BCUT2D eigenvalue weighted by atomic mass is 16.6. The zero-order valence-corrected chi connectivity index (χ0v) is 17.7. The van der Waals surface area contributed by atoms with Crippen LogP contribution in [0.25, 0.3) is 0 Å². The zero-order valence-electron chi connectivity index (χ0n) is 17.7. The molecule has 0 spiro atoms. The fourth-order valence-electron chi connectivity index (χ4n) is 3.86. The standard InChI is InChI=1S/C22H33N3O4/c1-22(2,3)29-21(27)25-14-10-19(11-15-25)28-18-8-12-24(13-9-18)17-6-4-16(5-7-17)20(23)26/h4-7,18-19H,8-15H2,1-3H3,(H2,23,26). The van der Waals surface area contributed by atoms with Gasteiger partial charge in [0.25, 0.3) is 0 Å². The van der Waals surface area contributed by atoms with Crippen molar-refractivity contribution < 1.29 is 19.1 Å². The molecule has 0 saturated carbocycles. The van der Waals surface area contributed by atoms with Crippen molar-refractivity contribution in [3.8, 4) is 0 Å². The summed E-state index contributed by atoms with van der Waals surface area (Å²) in [5.41, 5.74) is 6.49. The van der Waals surface area contributed by atoms with Crippen LogP contribution < -0.4 is 10.6 Å². The maximum atomic E-state index is 12.2. The number of likely N-dealkylation sites (tertiary alicyclic amines) is 1. The minimum Gasteiger partial charge on any atom is -0.444 e. The summed E-state index contributed by atoms with van der Waals surface area (Å²) in [4.78, 5) is 27.5. The number of ether oxygens (including phenoxy) is 2. The lowest BCUT2D eigenvalue weighted by Crippen LogP contribution is -2.45. The van der Waals surface area contributed by atoms with Gasteiger partial charge in [0, 0.05) is 37.4 Å². The number of carbonyl (C=O) groups is 2. The van der Waals surface area contributed by atoms with Gasteiger partial charge < -0.3 is 25.0 Å². The summed E-state index contributed by atoms with van der Waals surface area (Å²) in [6.07, 6.45) is 3.90. The molecular formula is C22H33N3O4. The lowest BCUT2D eigenvalue weighted by atomic mass is 10.0. The molecule has 2 amide bonds. The number of amides is 2. The predicted molar refractivity (Wildman–Crippen MR) is 112 cm³/mol. The Morgan fingerprint density at radius 3 is 1.93 bits per heavy atom. The van der Waals surface area contributed by atoms with Crippen molar-refractivity contribution in [3.05, 3.63) is 29.8 Å². The number of nitrogens with two attached hydrogens (primary N) is 1. The average Bonchev–Trinajstić information content (AvgIpc) is 2.68. The van der Waals surface area contributed by atoms with Crippen LogP contribution in [0.15, 0.2) is 24.3 Å². The molecule has 3 rings (SSSR count). The minimum absolute atomic E-state index is 0.208. The van der Waals surface area contributed by atoms with Crippen LogP contribution in [0.4, 0.5) is 10.5 Å². The number of hydrogen-bond donors (Lipinski definition) is 1. The van der Waals surface area contributed by atoms with Crippen LogP contribution in [0.2, 0.25) is 0 Å². The number of rotatable bonds is 4. The third-order valence-electron chi connectivity index (χ3n) is 5.44. The Labute approximate surface area is 173 Å². The van der Waals surface area contributed by atoms with Gasteiger partial charge in [0.1, 0.15) is 5.60 Å². The number of piperidine rings is 2. The maximum Gasteiger partial charge on any atom is 0.410 e. The highest BCUT2D eigenvalue weighted by molar-refractivity contribution is 5.93. The summed E-state index contributed by atoms with van der Waals surface area (Å²) in [6.45, 7) is 8.89. The number of anilines is 1. The number of carbonyl (C=O) groups excluding carboxylic acids is 2. The number of nitrogens with zero attached hydrogens (tertiary/aromatic N) is 2. The first-order valence-electron chi connectivity index (χ1n) is 10.5. The molecule has 2 fully saturated rings. The van der Waals surface area contributed by atoms with Gasteiger partial charge in [0.2, 0.25) is 5.91 Å². The molecule has 0 aromatic heterocycles. The predicted octanol–water partition coefficient (Wildman–Crippen LogP) is 3.17. The van der Waals surface area contributed by atoms with Gasteiger partial charge in [-0.15, -0.1) is 0 Å². The quantitative estimate of drug-likeness (QED) is 0.835. The van der Waals surface area contributed by atoms with Crippen molar-refractivity contribution in [1.29, 1.82) is 0 Å². The van der Waals surface area contributed by atoms with E-state index in [1.54, 1.807) is 17.0 Å². The van der Waals surface area contributed by atoms with E-state index in [1.807, 2.05) is 32.9 Å². The van der Waals surface area contributed by atoms with E-state index >= 15 is 0 Å². The number of primary amides is 1. The summed E-state index contributed by atoms with van der Waals surface area (Å²) < 4.78 is 11.8. The van der Waals surface area contributed by atoms with Crippen molar-refractivity contribution in [3.63, 3.8) is 0 Å². The third kappa shape index (κ3) is 6.10. The van der Waals surface area contributed by atoms with Crippen LogP contribution >= 0.6 is 0 Å². The minimum atomic E-state index is -0.460. The van der Waals surface area contributed by atoms with Crippen LogP contribution in [0.1, 0.15) is 56.8 Å². The van der Waals surface area contributed by atoms with E-state index in [0.717, 1.165) is 44.5 Å². The monoisotopic (exact) mass is 403 g/mol. The second kappa shape index (κ2) is 9.03. The molecule has 0 radical (unpaired) electrons.